The molecule has 46 heavy (non-hydrogen) atoms. The van der Waals surface area contributed by atoms with Gasteiger partial charge in [0.1, 0.15) is 5.75 Å². The summed E-state index contributed by atoms with van der Waals surface area (Å²) in [4.78, 5) is 68.8. The van der Waals surface area contributed by atoms with Crippen LogP contribution in [0.1, 0.15) is 54.0 Å². The Labute approximate surface area is 273 Å². The zero-order valence-corrected chi connectivity index (χ0v) is 26.9. The molecule has 2 bridgehead atoms. The number of unbranched alkanes of at least 4 members (excludes halogenated alkanes) is 2. The molecule has 4 aliphatic rings. The first-order valence-corrected chi connectivity index (χ1v) is 17.5. The van der Waals surface area contributed by atoms with Crippen molar-refractivity contribution in [2.45, 2.75) is 55.2 Å². The van der Waals surface area contributed by atoms with Crippen LogP contribution in [0.3, 0.4) is 0 Å². The summed E-state index contributed by atoms with van der Waals surface area (Å²) in [5, 5.41) is 12.7. The summed E-state index contributed by atoms with van der Waals surface area (Å²) in [5.74, 6) is -1.56. The zero-order valence-electron chi connectivity index (χ0n) is 25.3. The number of thioether (sulfide) groups is 1. The molecule has 3 N–H and O–H groups in total. The van der Waals surface area contributed by atoms with Crippen molar-refractivity contribution in [1.29, 1.82) is 0 Å². The number of aromatic nitrogens is 1. The molecule has 1 aromatic heterocycles. The molecule has 2 saturated carbocycles. The van der Waals surface area contributed by atoms with Crippen LogP contribution in [0.2, 0.25) is 0 Å². The summed E-state index contributed by atoms with van der Waals surface area (Å²) in [6, 6.07) is 15.2. The van der Waals surface area contributed by atoms with Crippen LogP contribution < -0.4 is 14.9 Å². The number of carbonyl (C=O) groups is 4. The van der Waals surface area contributed by atoms with Crippen LogP contribution >= 0.6 is 23.1 Å². The average Bonchev–Trinajstić information content (AvgIpc) is 3.76. The third-order valence-electron chi connectivity index (χ3n) is 10.1. The van der Waals surface area contributed by atoms with Crippen LogP contribution in [0, 0.1) is 36.5 Å². The van der Waals surface area contributed by atoms with Gasteiger partial charge in [-0.25, -0.2) is 0 Å². The number of hydrogen-bond acceptors (Lipinski definition) is 8. The summed E-state index contributed by atoms with van der Waals surface area (Å²) < 4.78 is 5.94. The highest BCUT2D eigenvalue weighted by Crippen LogP contribution is 2.68. The maximum absolute atomic E-state index is 13.8. The molecule has 2 aliphatic carbocycles. The maximum atomic E-state index is 13.8. The van der Waals surface area contributed by atoms with Gasteiger partial charge < -0.3 is 20.1 Å². The van der Waals surface area contributed by atoms with Crippen LogP contribution in [0.5, 0.6) is 5.75 Å². The van der Waals surface area contributed by atoms with Crippen molar-refractivity contribution in [2.24, 2.45) is 29.6 Å². The van der Waals surface area contributed by atoms with E-state index in [9.17, 15) is 24.0 Å². The quantitative estimate of drug-likeness (QED) is 0.195. The van der Waals surface area contributed by atoms with Gasteiger partial charge in [-0.2, -0.15) is 0 Å². The van der Waals surface area contributed by atoms with E-state index in [1.165, 1.54) is 16.2 Å². The smallest absolute Gasteiger partial charge is 0.305 e. The van der Waals surface area contributed by atoms with Crippen molar-refractivity contribution in [1.82, 2.24) is 9.88 Å². The highest BCUT2D eigenvalue weighted by molar-refractivity contribution is 8.00. The Kier molecular flexibility index (Phi) is 8.26. The van der Waals surface area contributed by atoms with E-state index in [2.05, 4.69) is 10.3 Å². The van der Waals surface area contributed by atoms with Gasteiger partial charge in [0.05, 0.1) is 16.9 Å². The molecular weight excluding hydrogens is 627 g/mol. The van der Waals surface area contributed by atoms with Gasteiger partial charge in [-0.1, -0.05) is 48.1 Å². The first-order chi connectivity index (χ1) is 22.2. The average molecular weight is 662 g/mol. The highest BCUT2D eigenvalue weighted by Gasteiger charge is 2.69. The summed E-state index contributed by atoms with van der Waals surface area (Å²) in [6.07, 6.45) is 2.64. The van der Waals surface area contributed by atoms with Crippen molar-refractivity contribution in [3.63, 3.8) is 0 Å². The Hall–Kier alpha value is -3.90. The van der Waals surface area contributed by atoms with Crippen LogP contribution in [-0.2, 0) is 19.2 Å². The van der Waals surface area contributed by atoms with E-state index in [0.717, 1.165) is 33.1 Å². The topological polar surface area (TPSA) is 146 Å². The van der Waals surface area contributed by atoms with Gasteiger partial charge in [0.25, 0.3) is 5.91 Å². The van der Waals surface area contributed by atoms with E-state index in [1.54, 1.807) is 11.8 Å². The molecule has 6 unspecified atom stereocenters. The lowest BCUT2D eigenvalue weighted by Crippen LogP contribution is -2.42. The second kappa shape index (κ2) is 12.4. The van der Waals surface area contributed by atoms with Gasteiger partial charge in [0.2, 0.25) is 11.8 Å². The number of carboxylic acid groups (broad SMARTS) is 1. The minimum atomic E-state index is -0.843. The molecule has 2 aliphatic heterocycles. The Morgan fingerprint density at radius 3 is 2.59 bits per heavy atom. The number of thiazole rings is 1. The number of ether oxygens (including phenoxy) is 1. The summed E-state index contributed by atoms with van der Waals surface area (Å²) in [6.45, 7) is 2.09. The molecule has 3 fully saturated rings. The van der Waals surface area contributed by atoms with Crippen molar-refractivity contribution >= 4 is 52.5 Å². The maximum Gasteiger partial charge on any atom is 0.305 e. The Balaban J connectivity index is 1.11. The first-order valence-electron chi connectivity index (χ1n) is 15.8. The summed E-state index contributed by atoms with van der Waals surface area (Å²) >= 11 is 2.84. The number of aromatic amines is 1. The number of benzene rings is 2. The van der Waals surface area contributed by atoms with E-state index in [1.807, 2.05) is 55.5 Å². The molecule has 12 heteroatoms. The Morgan fingerprint density at radius 2 is 1.80 bits per heavy atom. The number of carboxylic acids is 1. The number of anilines is 1. The number of hydrogen-bond donors (Lipinski definition) is 3. The molecule has 7 rings (SSSR count). The van der Waals surface area contributed by atoms with Gasteiger partial charge in [-0.3, -0.25) is 28.9 Å². The van der Waals surface area contributed by atoms with Crippen molar-refractivity contribution in [3.8, 4) is 5.75 Å². The molecule has 3 amide bonds. The number of aliphatic carboxylic acids is 1. The number of fused-ring (bicyclic) bond motifs is 9. The molecule has 3 aromatic rings. The molecule has 2 aromatic carbocycles. The van der Waals surface area contributed by atoms with Crippen molar-refractivity contribution in [3.05, 3.63) is 74.2 Å². The van der Waals surface area contributed by atoms with Crippen molar-refractivity contribution < 1.29 is 29.0 Å². The second-order valence-electron chi connectivity index (χ2n) is 12.7. The van der Waals surface area contributed by atoms with Gasteiger partial charge in [0, 0.05) is 34.7 Å². The second-order valence-corrected chi connectivity index (χ2v) is 14.9. The van der Waals surface area contributed by atoms with Crippen LogP contribution in [-0.4, -0.2) is 57.1 Å². The third-order valence-corrected chi connectivity index (χ3v) is 12.7. The fourth-order valence-corrected chi connectivity index (χ4v) is 11.1. The van der Waals surface area contributed by atoms with E-state index in [4.69, 9.17) is 9.84 Å². The number of para-hydroxylation sites is 1. The van der Waals surface area contributed by atoms with Crippen LogP contribution in [0.25, 0.3) is 0 Å². The molecular formula is C34H35N3O7S2. The first kappa shape index (κ1) is 30.7. The van der Waals surface area contributed by atoms with Crippen LogP contribution in [0.4, 0.5) is 5.69 Å². The van der Waals surface area contributed by atoms with Gasteiger partial charge in [-0.05, 0) is 73.3 Å². The zero-order chi connectivity index (χ0) is 32.1. The molecule has 0 radical (unpaired) electrons. The minimum absolute atomic E-state index is 0.000719. The van der Waals surface area contributed by atoms with E-state index in [-0.39, 0.29) is 76.4 Å². The van der Waals surface area contributed by atoms with E-state index in [0.29, 0.717) is 31.6 Å². The normalized spacial score (nSPS) is 27.3. The van der Waals surface area contributed by atoms with Gasteiger partial charge in [-0.15, -0.1) is 11.8 Å². The highest BCUT2D eigenvalue weighted by atomic mass is 32.2. The lowest BCUT2D eigenvalue weighted by Gasteiger charge is -2.43. The minimum Gasteiger partial charge on any atom is -0.484 e. The molecule has 3 heterocycles. The lowest BCUT2D eigenvalue weighted by molar-refractivity contribution is -0.141. The predicted molar refractivity (Wildman–Crippen MR) is 173 cm³/mol. The molecule has 0 spiro atoms. The molecule has 240 valence electrons. The number of amides is 3. The monoisotopic (exact) mass is 661 g/mol. The standard InChI is InChI=1S/C34H35N3O7S2/c1-17-8-4-5-11-22(17)35-23(38)16-44-19-10-7-9-18(14-19)25-26-20-15-21(29(26)45-31-30(25)46-34(43)36-31)28-27(20)32(41)37(33(28)42)13-6-2-3-12-24(39)40/h4-5,7-11,14,20-21,25-29H,2-3,6,12-13,15-16H2,1H3,(H,35,38)(H,36,43)(H,39,40)/t20?,21?,25-,26?,27?,28?,29?/m1/s1. The molecule has 1 saturated heterocycles. The van der Waals surface area contributed by atoms with E-state index >= 15 is 0 Å². The largest absolute Gasteiger partial charge is 0.484 e. The van der Waals surface area contributed by atoms with Crippen molar-refractivity contribution in [2.75, 3.05) is 18.5 Å². The van der Waals surface area contributed by atoms with E-state index < -0.39 is 5.97 Å². The lowest BCUT2D eigenvalue weighted by atomic mass is 9.68. The van der Waals surface area contributed by atoms with Crippen LogP contribution in [0.15, 0.2) is 58.4 Å². The van der Waals surface area contributed by atoms with Gasteiger partial charge in [0.15, 0.2) is 6.61 Å². The number of likely N-dealkylation sites (tertiary alicyclic amines) is 1. The third kappa shape index (κ3) is 5.45. The summed E-state index contributed by atoms with van der Waals surface area (Å²) in [5.41, 5.74) is 2.65. The molecule has 10 nitrogen and oxygen atoms in total. The Morgan fingerprint density at radius 1 is 1.02 bits per heavy atom. The number of nitrogens with zero attached hydrogens (tertiary/aromatic N) is 1. The fraction of sp³-hybridized carbons (Fsp3) is 0.441. The number of H-pyrrole nitrogens is 1. The van der Waals surface area contributed by atoms with Gasteiger partial charge >= 0.3 is 10.8 Å². The number of nitrogens with one attached hydrogen (secondary N) is 2. The summed E-state index contributed by atoms with van der Waals surface area (Å²) in [7, 11) is 0. The number of rotatable bonds is 11. The fourth-order valence-electron chi connectivity index (χ4n) is 8.24. The number of carbonyl (C=O) groups excluding carboxylic acids is 3. The SMILES string of the molecule is Cc1ccccc1NC(=O)COc1cccc([C@H]2c3sc(=O)[nH]c3SC3C4CC(C5C(=O)N(CCCCCC(=O)O)C(=O)C45)C32)c1. The number of aryl methyl sites for hydroxylation is 1. The predicted octanol–water partition coefficient (Wildman–Crippen LogP) is 4.88. The molecule has 7 atom stereocenters. The Bertz CT molecular complexity index is 1770. The number of imide groups is 1.